The van der Waals surface area contributed by atoms with Gasteiger partial charge in [0.15, 0.2) is 0 Å². The van der Waals surface area contributed by atoms with Gasteiger partial charge in [-0.05, 0) is 36.6 Å². The number of hydrogen-bond acceptors (Lipinski definition) is 2. The highest BCUT2D eigenvalue weighted by Gasteiger charge is 2.34. The Morgan fingerprint density at radius 3 is 2.50 bits per heavy atom. The van der Waals surface area contributed by atoms with Crippen molar-refractivity contribution in [2.45, 2.75) is 65.8 Å². The van der Waals surface area contributed by atoms with Crippen LogP contribution in [-0.4, -0.2) is 18.5 Å². The van der Waals surface area contributed by atoms with Gasteiger partial charge in [0.2, 0.25) is 5.91 Å². The van der Waals surface area contributed by atoms with E-state index in [2.05, 4.69) is 26.1 Å². The Morgan fingerprint density at radius 1 is 1.33 bits per heavy atom. The van der Waals surface area contributed by atoms with Crippen molar-refractivity contribution in [3.63, 3.8) is 0 Å². The summed E-state index contributed by atoms with van der Waals surface area (Å²) in [7, 11) is 0. The van der Waals surface area contributed by atoms with Crippen molar-refractivity contribution in [1.82, 2.24) is 5.32 Å². The molecule has 3 heteroatoms. The van der Waals surface area contributed by atoms with Crippen molar-refractivity contribution >= 4 is 5.91 Å². The molecule has 0 aliphatic heterocycles. The predicted octanol–water partition coefficient (Wildman–Crippen LogP) is 2.69. The van der Waals surface area contributed by atoms with Crippen LogP contribution in [0, 0.1) is 17.3 Å². The number of hydrogen-bond donors (Lipinski definition) is 2. The monoisotopic (exact) mass is 254 g/mol. The fraction of sp³-hybridized carbons (Fsp3) is 0.933. The quantitative estimate of drug-likeness (QED) is 0.810. The van der Waals surface area contributed by atoms with Gasteiger partial charge in [-0.2, -0.15) is 0 Å². The average molecular weight is 254 g/mol. The first-order valence-electron chi connectivity index (χ1n) is 7.34. The average Bonchev–Trinajstić information content (AvgIpc) is 2.27. The molecule has 0 radical (unpaired) electrons. The maximum atomic E-state index is 12.0. The van der Waals surface area contributed by atoms with Crippen molar-refractivity contribution in [2.75, 3.05) is 6.54 Å². The van der Waals surface area contributed by atoms with Gasteiger partial charge in [0.25, 0.3) is 0 Å². The van der Waals surface area contributed by atoms with Crippen LogP contribution in [-0.2, 0) is 4.79 Å². The Balaban J connectivity index is 2.54. The first kappa shape index (κ1) is 15.5. The number of amides is 1. The molecule has 3 unspecified atom stereocenters. The van der Waals surface area contributed by atoms with E-state index in [1.54, 1.807) is 0 Å². The van der Waals surface area contributed by atoms with E-state index in [0.717, 1.165) is 6.42 Å². The molecule has 0 aromatic rings. The van der Waals surface area contributed by atoms with E-state index in [0.29, 0.717) is 24.9 Å². The normalized spacial score (nSPS) is 26.7. The summed E-state index contributed by atoms with van der Waals surface area (Å²) in [6.07, 6.45) is 5.47. The summed E-state index contributed by atoms with van der Waals surface area (Å²) in [6.45, 7) is 9.46. The Bertz CT molecular complexity index is 270. The molecule has 0 aromatic carbocycles. The number of nitrogens with two attached hydrogens (primary N) is 1. The molecule has 3 atom stereocenters. The molecule has 0 heterocycles. The summed E-state index contributed by atoms with van der Waals surface area (Å²) in [5.74, 6) is 1.05. The summed E-state index contributed by atoms with van der Waals surface area (Å²) in [5, 5.41) is 3.25. The molecule has 0 saturated heterocycles. The van der Waals surface area contributed by atoms with Gasteiger partial charge in [0.1, 0.15) is 0 Å². The van der Waals surface area contributed by atoms with E-state index in [9.17, 15) is 4.79 Å². The molecule has 1 rings (SSSR count). The number of carbonyl (C=O) groups is 1. The first-order chi connectivity index (χ1) is 8.34. The van der Waals surface area contributed by atoms with Crippen molar-refractivity contribution < 1.29 is 4.79 Å². The van der Waals surface area contributed by atoms with E-state index in [1.807, 2.05) is 6.92 Å². The minimum Gasteiger partial charge on any atom is -0.353 e. The summed E-state index contributed by atoms with van der Waals surface area (Å²) in [4.78, 5) is 12.0. The lowest BCUT2D eigenvalue weighted by atomic mass is 9.69. The van der Waals surface area contributed by atoms with Gasteiger partial charge in [-0.25, -0.2) is 0 Å². The maximum Gasteiger partial charge on any atom is 0.220 e. The molecule has 3 nitrogen and oxygen atoms in total. The molecule has 0 spiro atoms. The zero-order valence-electron chi connectivity index (χ0n) is 12.5. The highest BCUT2D eigenvalue weighted by Crippen LogP contribution is 2.38. The molecule has 3 N–H and O–H groups in total. The van der Waals surface area contributed by atoms with Gasteiger partial charge in [-0.3, -0.25) is 4.79 Å². The van der Waals surface area contributed by atoms with E-state index in [-0.39, 0.29) is 17.2 Å². The molecule has 18 heavy (non-hydrogen) atoms. The smallest absolute Gasteiger partial charge is 0.220 e. The Kier molecular flexibility index (Phi) is 5.64. The molecule has 106 valence electrons. The summed E-state index contributed by atoms with van der Waals surface area (Å²) < 4.78 is 0. The Hall–Kier alpha value is -0.570. The van der Waals surface area contributed by atoms with Crippen LogP contribution >= 0.6 is 0 Å². The minimum atomic E-state index is 0.175. The maximum absolute atomic E-state index is 12.0. The van der Waals surface area contributed by atoms with Gasteiger partial charge in [0, 0.05) is 12.5 Å². The van der Waals surface area contributed by atoms with Gasteiger partial charge in [0.05, 0.1) is 0 Å². The van der Waals surface area contributed by atoms with Gasteiger partial charge < -0.3 is 11.1 Å². The fourth-order valence-corrected chi connectivity index (χ4v) is 3.01. The molecule has 1 fully saturated rings. The lowest BCUT2D eigenvalue weighted by molar-refractivity contribution is -0.123. The minimum absolute atomic E-state index is 0.175. The second kappa shape index (κ2) is 6.55. The third kappa shape index (κ3) is 4.60. The largest absolute Gasteiger partial charge is 0.353 e. The highest BCUT2D eigenvalue weighted by molar-refractivity contribution is 5.76. The predicted molar refractivity (Wildman–Crippen MR) is 76.2 cm³/mol. The summed E-state index contributed by atoms with van der Waals surface area (Å²) in [5.41, 5.74) is 5.85. The van der Waals surface area contributed by atoms with Crippen LogP contribution in [0.25, 0.3) is 0 Å². The van der Waals surface area contributed by atoms with Crippen molar-refractivity contribution in [3.05, 3.63) is 0 Å². The molecule has 0 aromatic heterocycles. The molecule has 1 saturated carbocycles. The summed E-state index contributed by atoms with van der Waals surface area (Å²) >= 11 is 0. The SMILES string of the molecule is CC(CN)CC(=O)NC1CCCCC1C(C)(C)C. The van der Waals surface area contributed by atoms with Gasteiger partial charge >= 0.3 is 0 Å². The zero-order chi connectivity index (χ0) is 13.8. The van der Waals surface area contributed by atoms with Crippen LogP contribution in [0.2, 0.25) is 0 Å². The van der Waals surface area contributed by atoms with Crippen LogP contribution in [0.3, 0.4) is 0 Å². The standard InChI is InChI=1S/C15H30N2O/c1-11(10-16)9-14(18)17-13-8-6-5-7-12(13)15(2,3)4/h11-13H,5-10,16H2,1-4H3,(H,17,18). The Labute approximate surface area is 112 Å². The number of nitrogens with one attached hydrogen (secondary N) is 1. The molecule has 1 aliphatic rings. The molecular weight excluding hydrogens is 224 g/mol. The molecule has 1 aliphatic carbocycles. The van der Waals surface area contributed by atoms with Crippen LogP contribution in [0.5, 0.6) is 0 Å². The second-order valence-electron chi connectivity index (χ2n) is 6.98. The van der Waals surface area contributed by atoms with Crippen LogP contribution in [0.4, 0.5) is 0 Å². The highest BCUT2D eigenvalue weighted by atomic mass is 16.1. The van der Waals surface area contributed by atoms with Crippen LogP contribution < -0.4 is 11.1 Å². The summed E-state index contributed by atoms with van der Waals surface area (Å²) in [6, 6.07) is 0.358. The zero-order valence-corrected chi connectivity index (χ0v) is 12.5. The van der Waals surface area contributed by atoms with E-state index in [4.69, 9.17) is 5.73 Å². The molecular formula is C15H30N2O. The number of carbonyl (C=O) groups excluding carboxylic acids is 1. The first-order valence-corrected chi connectivity index (χ1v) is 7.34. The molecule has 1 amide bonds. The van der Waals surface area contributed by atoms with E-state index >= 15 is 0 Å². The van der Waals surface area contributed by atoms with E-state index in [1.165, 1.54) is 19.3 Å². The van der Waals surface area contributed by atoms with Crippen molar-refractivity contribution in [1.29, 1.82) is 0 Å². The van der Waals surface area contributed by atoms with Gasteiger partial charge in [-0.1, -0.05) is 40.5 Å². The van der Waals surface area contributed by atoms with Crippen molar-refractivity contribution in [2.24, 2.45) is 23.0 Å². The topological polar surface area (TPSA) is 55.1 Å². The molecule has 0 bridgehead atoms. The third-order valence-electron chi connectivity index (χ3n) is 4.16. The second-order valence-corrected chi connectivity index (χ2v) is 6.98. The Morgan fingerprint density at radius 2 is 1.94 bits per heavy atom. The van der Waals surface area contributed by atoms with Gasteiger partial charge in [-0.15, -0.1) is 0 Å². The fourth-order valence-electron chi connectivity index (χ4n) is 3.01. The lowest BCUT2D eigenvalue weighted by Gasteiger charge is -2.40. The lowest BCUT2D eigenvalue weighted by Crippen LogP contribution is -2.47. The van der Waals surface area contributed by atoms with Crippen LogP contribution in [0.1, 0.15) is 59.8 Å². The van der Waals surface area contributed by atoms with Crippen molar-refractivity contribution in [3.8, 4) is 0 Å². The van der Waals surface area contributed by atoms with Crippen LogP contribution in [0.15, 0.2) is 0 Å². The third-order valence-corrected chi connectivity index (χ3v) is 4.16. The number of rotatable bonds is 4. The van der Waals surface area contributed by atoms with E-state index < -0.39 is 0 Å².